The van der Waals surface area contributed by atoms with Crippen LogP contribution >= 0.6 is 0 Å². The molecule has 0 unspecified atom stereocenters. The van der Waals surface area contributed by atoms with Crippen LogP contribution in [0.3, 0.4) is 0 Å². The molecule has 3 heterocycles. The number of anilines is 2. The molecule has 1 amide bonds. The van der Waals surface area contributed by atoms with E-state index in [1.807, 2.05) is 34.1 Å². The van der Waals surface area contributed by atoms with Gasteiger partial charge in [0.25, 0.3) is 5.69 Å². The molecule has 2 saturated heterocycles. The molecular weight excluding hydrogens is 547 g/mol. The fraction of sp³-hybridized carbons (Fsp3) is 0.387. The van der Waals surface area contributed by atoms with Gasteiger partial charge in [0.1, 0.15) is 0 Å². The number of non-ortho nitro benzene ring substituents is 1. The number of nitrogens with zero attached hydrogens (tertiary/aromatic N) is 5. The van der Waals surface area contributed by atoms with Crippen LogP contribution in [0.2, 0.25) is 0 Å². The van der Waals surface area contributed by atoms with E-state index in [1.165, 1.54) is 17.7 Å². The Labute approximate surface area is 242 Å². The molecular formula is C31H32F3N5O3. The molecule has 0 aromatic heterocycles. The molecule has 0 bridgehead atoms. The van der Waals surface area contributed by atoms with Crippen molar-refractivity contribution in [2.45, 2.75) is 25.2 Å². The highest BCUT2D eigenvalue weighted by Gasteiger charge is 2.43. The van der Waals surface area contributed by atoms with Crippen LogP contribution in [0.1, 0.15) is 16.7 Å². The summed E-state index contributed by atoms with van der Waals surface area (Å²) < 4.78 is 39.8. The maximum absolute atomic E-state index is 14.1. The summed E-state index contributed by atoms with van der Waals surface area (Å²) in [7, 11) is 0. The van der Waals surface area contributed by atoms with Crippen LogP contribution in [0.5, 0.6) is 0 Å². The van der Waals surface area contributed by atoms with Crippen molar-refractivity contribution in [3.05, 3.63) is 99.6 Å². The lowest BCUT2D eigenvalue weighted by Gasteiger charge is -2.50. The number of carbonyl (C=O) groups is 1. The van der Waals surface area contributed by atoms with Gasteiger partial charge >= 0.3 is 6.18 Å². The van der Waals surface area contributed by atoms with Gasteiger partial charge in [-0.05, 0) is 41.8 Å². The maximum atomic E-state index is 14.1. The normalized spacial score (nSPS) is 21.1. The number of nitro groups is 1. The molecule has 3 aromatic rings. The maximum Gasteiger partial charge on any atom is 0.416 e. The summed E-state index contributed by atoms with van der Waals surface area (Å²) in [6.07, 6.45) is -4.01. The standard InChI is InChI=1S/C31H32F3N5O3/c32-31(33,34)24-7-4-8-25(19-24)36-12-14-37(15-13-36)30(40)27-18-23-17-26(39(41)42)9-10-28(23)38-16-11-35(21-29(27)38)20-22-5-2-1-3-6-22/h1-10,17,19,27,29H,11-16,18,20-21H2/t27-,29+/m1/s1. The minimum absolute atomic E-state index is 0.00703. The van der Waals surface area contributed by atoms with Crippen LogP contribution < -0.4 is 9.80 Å². The van der Waals surface area contributed by atoms with Crippen molar-refractivity contribution in [3.8, 4) is 0 Å². The molecule has 2 fully saturated rings. The summed E-state index contributed by atoms with van der Waals surface area (Å²) in [6.45, 7) is 4.61. The van der Waals surface area contributed by atoms with E-state index in [2.05, 4.69) is 21.9 Å². The molecule has 0 N–H and O–H groups in total. The summed E-state index contributed by atoms with van der Waals surface area (Å²) in [5.74, 6) is -0.398. The van der Waals surface area contributed by atoms with Crippen molar-refractivity contribution in [3.63, 3.8) is 0 Å². The van der Waals surface area contributed by atoms with Crippen molar-refractivity contribution in [2.75, 3.05) is 55.6 Å². The topological polar surface area (TPSA) is 73.2 Å². The number of hydrogen-bond donors (Lipinski definition) is 0. The van der Waals surface area contributed by atoms with Crippen LogP contribution in [0, 0.1) is 16.0 Å². The van der Waals surface area contributed by atoms with Gasteiger partial charge in [-0.25, -0.2) is 0 Å². The zero-order chi connectivity index (χ0) is 29.4. The summed E-state index contributed by atoms with van der Waals surface area (Å²) in [5, 5.41) is 11.5. The second-order valence-corrected chi connectivity index (χ2v) is 11.2. The molecule has 6 rings (SSSR count). The predicted molar refractivity (Wildman–Crippen MR) is 153 cm³/mol. The number of alkyl halides is 3. The molecule has 11 heteroatoms. The number of benzene rings is 3. The quantitative estimate of drug-likeness (QED) is 0.319. The van der Waals surface area contributed by atoms with Gasteiger partial charge < -0.3 is 14.7 Å². The Morgan fingerprint density at radius 2 is 1.67 bits per heavy atom. The first kappa shape index (κ1) is 28.0. The number of carbonyl (C=O) groups excluding carboxylic acids is 1. The van der Waals surface area contributed by atoms with Gasteiger partial charge in [0.2, 0.25) is 5.91 Å². The highest BCUT2D eigenvalue weighted by Crippen LogP contribution is 2.39. The molecule has 2 atom stereocenters. The lowest BCUT2D eigenvalue weighted by Crippen LogP contribution is -2.62. The van der Waals surface area contributed by atoms with Gasteiger partial charge in [-0.1, -0.05) is 36.4 Å². The van der Waals surface area contributed by atoms with E-state index < -0.39 is 22.6 Å². The van der Waals surface area contributed by atoms with Gasteiger partial charge in [0.05, 0.1) is 22.4 Å². The number of piperazine rings is 2. The van der Waals surface area contributed by atoms with E-state index in [0.29, 0.717) is 51.4 Å². The summed E-state index contributed by atoms with van der Waals surface area (Å²) in [4.78, 5) is 33.5. The number of rotatable bonds is 5. The van der Waals surface area contributed by atoms with Gasteiger partial charge in [0.15, 0.2) is 0 Å². The molecule has 42 heavy (non-hydrogen) atoms. The zero-order valence-electron chi connectivity index (χ0n) is 23.0. The lowest BCUT2D eigenvalue weighted by atomic mass is 9.82. The Balaban J connectivity index is 1.21. The van der Waals surface area contributed by atoms with Gasteiger partial charge in [-0.2, -0.15) is 13.2 Å². The fourth-order valence-corrected chi connectivity index (χ4v) is 6.55. The minimum Gasteiger partial charge on any atom is -0.368 e. The van der Waals surface area contributed by atoms with Crippen LogP contribution in [0.25, 0.3) is 0 Å². The summed E-state index contributed by atoms with van der Waals surface area (Å²) in [6, 6.07) is 20.3. The molecule has 3 aliphatic rings. The van der Waals surface area contributed by atoms with E-state index in [-0.39, 0.29) is 17.6 Å². The van der Waals surface area contributed by atoms with Gasteiger partial charge in [-0.3, -0.25) is 19.8 Å². The summed E-state index contributed by atoms with van der Waals surface area (Å²) >= 11 is 0. The molecule has 0 aliphatic carbocycles. The Hall–Kier alpha value is -4.12. The monoisotopic (exact) mass is 579 g/mol. The lowest BCUT2D eigenvalue weighted by molar-refractivity contribution is -0.384. The van der Waals surface area contributed by atoms with E-state index in [9.17, 15) is 28.1 Å². The molecule has 3 aromatic carbocycles. The van der Waals surface area contributed by atoms with E-state index in [1.54, 1.807) is 12.1 Å². The summed E-state index contributed by atoms with van der Waals surface area (Å²) in [5.41, 5.74) is 2.76. The van der Waals surface area contributed by atoms with Crippen molar-refractivity contribution in [1.82, 2.24) is 9.80 Å². The third-order valence-electron chi connectivity index (χ3n) is 8.69. The van der Waals surface area contributed by atoms with Crippen molar-refractivity contribution >= 4 is 23.0 Å². The van der Waals surface area contributed by atoms with E-state index in [0.717, 1.165) is 36.5 Å². The molecule has 8 nitrogen and oxygen atoms in total. The average Bonchev–Trinajstić information content (AvgIpc) is 3.00. The van der Waals surface area contributed by atoms with Crippen molar-refractivity contribution in [2.24, 2.45) is 5.92 Å². The SMILES string of the molecule is O=C([C@@H]1Cc2cc([N+](=O)[O-])ccc2N2CCN(Cc3ccccc3)C[C@@H]12)N1CCN(c2cccc(C(F)(F)F)c2)CC1. The second-order valence-electron chi connectivity index (χ2n) is 11.2. The smallest absolute Gasteiger partial charge is 0.368 e. The van der Waals surface area contributed by atoms with Crippen LogP contribution in [0.4, 0.5) is 30.2 Å². The Kier molecular flexibility index (Phi) is 7.53. The van der Waals surface area contributed by atoms with E-state index in [4.69, 9.17) is 0 Å². The predicted octanol–water partition coefficient (Wildman–Crippen LogP) is 4.83. The molecule has 0 spiro atoms. The van der Waals surface area contributed by atoms with Crippen LogP contribution in [0.15, 0.2) is 72.8 Å². The largest absolute Gasteiger partial charge is 0.416 e. The first-order chi connectivity index (χ1) is 20.2. The number of halogens is 3. The zero-order valence-corrected chi connectivity index (χ0v) is 23.0. The van der Waals surface area contributed by atoms with Crippen LogP contribution in [-0.2, 0) is 23.9 Å². The highest BCUT2D eigenvalue weighted by molar-refractivity contribution is 5.83. The average molecular weight is 580 g/mol. The number of hydrogen-bond acceptors (Lipinski definition) is 6. The third kappa shape index (κ3) is 5.65. The Morgan fingerprint density at radius 1 is 0.905 bits per heavy atom. The fourth-order valence-electron chi connectivity index (χ4n) is 6.55. The number of amides is 1. The second kappa shape index (κ2) is 11.3. The molecule has 0 radical (unpaired) electrons. The number of nitro benzene ring substituents is 1. The first-order valence-corrected chi connectivity index (χ1v) is 14.2. The van der Waals surface area contributed by atoms with Gasteiger partial charge in [-0.15, -0.1) is 0 Å². The number of fused-ring (bicyclic) bond motifs is 3. The van der Waals surface area contributed by atoms with Crippen molar-refractivity contribution < 1.29 is 22.9 Å². The highest BCUT2D eigenvalue weighted by atomic mass is 19.4. The molecule has 0 saturated carbocycles. The van der Waals surface area contributed by atoms with E-state index >= 15 is 0 Å². The van der Waals surface area contributed by atoms with Gasteiger partial charge in [0, 0.05) is 75.9 Å². The van der Waals surface area contributed by atoms with Crippen LogP contribution in [-0.4, -0.2) is 72.5 Å². The third-order valence-corrected chi connectivity index (χ3v) is 8.69. The first-order valence-electron chi connectivity index (χ1n) is 14.2. The molecule has 3 aliphatic heterocycles. The molecule has 220 valence electrons. The minimum atomic E-state index is -4.42. The Bertz CT molecular complexity index is 1460. The van der Waals surface area contributed by atoms with Crippen molar-refractivity contribution in [1.29, 1.82) is 0 Å². The Morgan fingerprint density at radius 3 is 2.38 bits per heavy atom.